The van der Waals surface area contributed by atoms with Crippen LogP contribution in [0.2, 0.25) is 0 Å². The van der Waals surface area contributed by atoms with Gasteiger partial charge in [0.05, 0.1) is 5.92 Å². The van der Waals surface area contributed by atoms with E-state index in [4.69, 9.17) is 4.74 Å². The highest BCUT2D eigenvalue weighted by Gasteiger charge is 2.51. The molecule has 2 aliphatic heterocycles. The molecule has 2 heterocycles. The summed E-state index contributed by atoms with van der Waals surface area (Å²) in [7, 11) is 0. The molecule has 136 valence electrons. The van der Waals surface area contributed by atoms with Crippen LogP contribution in [0.25, 0.3) is 0 Å². The Labute approximate surface area is 149 Å². The van der Waals surface area contributed by atoms with E-state index < -0.39 is 0 Å². The molecule has 0 unspecified atom stereocenters. The molecule has 5 heteroatoms. The van der Waals surface area contributed by atoms with Crippen molar-refractivity contribution < 1.29 is 14.3 Å². The molecule has 0 bridgehead atoms. The summed E-state index contributed by atoms with van der Waals surface area (Å²) < 4.78 is 5.53. The van der Waals surface area contributed by atoms with Crippen LogP contribution in [-0.4, -0.2) is 49.1 Å². The van der Waals surface area contributed by atoms with Crippen LogP contribution < -0.4 is 5.32 Å². The van der Waals surface area contributed by atoms with Gasteiger partial charge in [0.2, 0.25) is 5.91 Å². The van der Waals surface area contributed by atoms with Crippen molar-refractivity contribution >= 4 is 11.8 Å². The van der Waals surface area contributed by atoms with Crippen molar-refractivity contribution in [2.24, 2.45) is 11.3 Å². The zero-order chi connectivity index (χ0) is 18.0. The van der Waals surface area contributed by atoms with E-state index in [1.54, 1.807) is 0 Å². The zero-order valence-electron chi connectivity index (χ0n) is 15.4. The van der Waals surface area contributed by atoms with Crippen molar-refractivity contribution in [1.29, 1.82) is 0 Å². The Bertz CT molecular complexity index is 650. The molecule has 2 aliphatic rings. The first-order valence-electron chi connectivity index (χ1n) is 9.15. The van der Waals surface area contributed by atoms with Gasteiger partial charge in [-0.25, -0.2) is 0 Å². The molecule has 2 fully saturated rings. The Morgan fingerprint density at radius 2 is 2.00 bits per heavy atom. The third kappa shape index (κ3) is 3.71. The number of aryl methyl sites for hydroxylation is 1. The minimum Gasteiger partial charge on any atom is -0.381 e. The number of ether oxygens (including phenoxy) is 1. The molecule has 0 radical (unpaired) electrons. The standard InChI is InChI=1S/C20H28N2O3/c1-14(2)21-18(23)17-12-22(13-20(17)7-9-25-10-8-20)19(24)16-6-4-5-15(3)11-16/h4-6,11,14,17H,7-10,12-13H2,1-3H3,(H,21,23)/t17-/m0/s1. The van der Waals surface area contributed by atoms with E-state index in [-0.39, 0.29) is 29.2 Å². The quantitative estimate of drug-likeness (QED) is 0.916. The fourth-order valence-corrected chi connectivity index (χ4v) is 4.11. The van der Waals surface area contributed by atoms with Crippen molar-refractivity contribution in [2.45, 2.75) is 39.7 Å². The number of hydrogen-bond donors (Lipinski definition) is 1. The lowest BCUT2D eigenvalue weighted by atomic mass is 9.71. The highest BCUT2D eigenvalue weighted by atomic mass is 16.5. The van der Waals surface area contributed by atoms with Crippen LogP contribution in [0.3, 0.4) is 0 Å². The first-order chi connectivity index (χ1) is 11.9. The van der Waals surface area contributed by atoms with Crippen LogP contribution >= 0.6 is 0 Å². The molecule has 1 spiro atoms. The first-order valence-corrected chi connectivity index (χ1v) is 9.15. The van der Waals surface area contributed by atoms with Crippen molar-refractivity contribution in [3.63, 3.8) is 0 Å². The van der Waals surface area contributed by atoms with Crippen LogP contribution in [-0.2, 0) is 9.53 Å². The van der Waals surface area contributed by atoms with E-state index in [0.717, 1.165) is 18.4 Å². The maximum atomic E-state index is 13.0. The van der Waals surface area contributed by atoms with E-state index in [1.807, 2.05) is 49.9 Å². The SMILES string of the molecule is Cc1cccc(C(=O)N2C[C@@H](C(=O)NC(C)C)C3(CCOCC3)C2)c1. The Balaban J connectivity index is 1.83. The van der Waals surface area contributed by atoms with E-state index in [2.05, 4.69) is 5.32 Å². The van der Waals surface area contributed by atoms with Gasteiger partial charge in [-0.05, 0) is 45.7 Å². The van der Waals surface area contributed by atoms with Gasteiger partial charge in [0.1, 0.15) is 0 Å². The normalized spacial score (nSPS) is 22.4. The first kappa shape index (κ1) is 17.9. The molecule has 5 nitrogen and oxygen atoms in total. The fourth-order valence-electron chi connectivity index (χ4n) is 4.11. The summed E-state index contributed by atoms with van der Waals surface area (Å²) in [6.07, 6.45) is 1.67. The molecule has 0 aromatic heterocycles. The van der Waals surface area contributed by atoms with E-state index in [9.17, 15) is 9.59 Å². The highest BCUT2D eigenvalue weighted by Crippen LogP contribution is 2.44. The summed E-state index contributed by atoms with van der Waals surface area (Å²) in [6.45, 7) is 8.39. The number of hydrogen-bond acceptors (Lipinski definition) is 3. The van der Waals surface area contributed by atoms with Crippen molar-refractivity contribution in [2.75, 3.05) is 26.3 Å². The number of benzene rings is 1. The van der Waals surface area contributed by atoms with Crippen LogP contribution in [0.15, 0.2) is 24.3 Å². The molecule has 1 aromatic carbocycles. The Morgan fingerprint density at radius 3 is 2.64 bits per heavy atom. The smallest absolute Gasteiger partial charge is 0.253 e. The summed E-state index contributed by atoms with van der Waals surface area (Å²) in [5.74, 6) is -0.0709. The number of likely N-dealkylation sites (tertiary alicyclic amines) is 1. The van der Waals surface area contributed by atoms with Gasteiger partial charge in [-0.3, -0.25) is 9.59 Å². The van der Waals surface area contributed by atoms with Crippen molar-refractivity contribution in [3.05, 3.63) is 35.4 Å². The monoisotopic (exact) mass is 344 g/mol. The molecular formula is C20H28N2O3. The zero-order valence-corrected chi connectivity index (χ0v) is 15.4. The molecule has 1 atom stereocenters. The van der Waals surface area contributed by atoms with Crippen LogP contribution in [0.5, 0.6) is 0 Å². The Hall–Kier alpha value is -1.88. The second-order valence-electron chi connectivity index (χ2n) is 7.75. The summed E-state index contributed by atoms with van der Waals surface area (Å²) in [5, 5.41) is 3.05. The molecular weight excluding hydrogens is 316 g/mol. The number of nitrogens with one attached hydrogen (secondary N) is 1. The van der Waals surface area contributed by atoms with Gasteiger partial charge in [0.25, 0.3) is 5.91 Å². The summed E-state index contributed by atoms with van der Waals surface area (Å²) in [5.41, 5.74) is 1.61. The molecule has 25 heavy (non-hydrogen) atoms. The lowest BCUT2D eigenvalue weighted by Gasteiger charge is -2.37. The summed E-state index contributed by atoms with van der Waals surface area (Å²) >= 11 is 0. The van der Waals surface area contributed by atoms with E-state index in [0.29, 0.717) is 31.9 Å². The predicted molar refractivity (Wildman–Crippen MR) is 96.3 cm³/mol. The molecule has 0 aliphatic carbocycles. The highest BCUT2D eigenvalue weighted by molar-refractivity contribution is 5.95. The maximum Gasteiger partial charge on any atom is 0.253 e. The average molecular weight is 344 g/mol. The fraction of sp³-hybridized carbons (Fsp3) is 0.600. The summed E-state index contributed by atoms with van der Waals surface area (Å²) in [6, 6.07) is 7.77. The van der Waals surface area contributed by atoms with Crippen LogP contribution in [0.1, 0.15) is 42.6 Å². The van der Waals surface area contributed by atoms with E-state index >= 15 is 0 Å². The Morgan fingerprint density at radius 1 is 1.28 bits per heavy atom. The molecule has 1 N–H and O–H groups in total. The topological polar surface area (TPSA) is 58.6 Å². The number of nitrogens with zero attached hydrogens (tertiary/aromatic N) is 1. The second kappa shape index (κ2) is 7.16. The lowest BCUT2D eigenvalue weighted by Crippen LogP contribution is -2.46. The van der Waals surface area contributed by atoms with Gasteiger partial charge < -0.3 is 15.0 Å². The average Bonchev–Trinajstić information content (AvgIpc) is 2.93. The maximum absolute atomic E-state index is 13.0. The third-order valence-corrected chi connectivity index (χ3v) is 5.44. The Kier molecular flexibility index (Phi) is 5.13. The molecule has 2 saturated heterocycles. The van der Waals surface area contributed by atoms with E-state index in [1.165, 1.54) is 0 Å². The lowest BCUT2D eigenvalue weighted by molar-refractivity contribution is -0.130. The van der Waals surface area contributed by atoms with Gasteiger partial charge in [-0.1, -0.05) is 17.7 Å². The molecule has 1 aromatic rings. The van der Waals surface area contributed by atoms with Crippen molar-refractivity contribution in [3.8, 4) is 0 Å². The number of carbonyl (C=O) groups excluding carboxylic acids is 2. The number of rotatable bonds is 3. The van der Waals surface area contributed by atoms with Gasteiger partial charge in [-0.2, -0.15) is 0 Å². The minimum absolute atomic E-state index is 0.0226. The third-order valence-electron chi connectivity index (χ3n) is 5.44. The van der Waals surface area contributed by atoms with Gasteiger partial charge in [-0.15, -0.1) is 0 Å². The van der Waals surface area contributed by atoms with Crippen molar-refractivity contribution in [1.82, 2.24) is 10.2 Å². The number of amides is 2. The summed E-state index contributed by atoms with van der Waals surface area (Å²) in [4.78, 5) is 27.6. The number of carbonyl (C=O) groups is 2. The van der Waals surface area contributed by atoms with Gasteiger partial charge in [0, 0.05) is 43.3 Å². The molecule has 0 saturated carbocycles. The van der Waals surface area contributed by atoms with Crippen LogP contribution in [0, 0.1) is 18.3 Å². The van der Waals surface area contributed by atoms with Gasteiger partial charge >= 0.3 is 0 Å². The predicted octanol–water partition coefficient (Wildman–Crippen LogP) is 2.39. The molecule has 3 rings (SSSR count). The minimum atomic E-state index is -0.160. The van der Waals surface area contributed by atoms with Gasteiger partial charge in [0.15, 0.2) is 0 Å². The molecule has 2 amide bonds. The largest absolute Gasteiger partial charge is 0.381 e. The second-order valence-corrected chi connectivity index (χ2v) is 7.75. The van der Waals surface area contributed by atoms with Crippen LogP contribution in [0.4, 0.5) is 0 Å².